The smallest absolute Gasteiger partial charge is 0.262 e. The number of nitrogens with zero attached hydrogens (tertiary/aromatic N) is 3. The zero-order valence-electron chi connectivity index (χ0n) is 13.6. The minimum absolute atomic E-state index is 0.128. The second kappa shape index (κ2) is 7.07. The summed E-state index contributed by atoms with van der Waals surface area (Å²) in [6.45, 7) is 2.76. The molecule has 0 aliphatic carbocycles. The molecule has 130 valence electrons. The van der Waals surface area contributed by atoms with E-state index in [1.54, 1.807) is 40.8 Å². The van der Waals surface area contributed by atoms with Gasteiger partial charge >= 0.3 is 0 Å². The van der Waals surface area contributed by atoms with Crippen molar-refractivity contribution in [3.63, 3.8) is 0 Å². The Labute approximate surface area is 152 Å². The second-order valence-corrected chi connectivity index (χ2v) is 9.41. The third-order valence-corrected chi connectivity index (χ3v) is 7.67. The molecule has 0 spiro atoms. The summed E-state index contributed by atoms with van der Waals surface area (Å²) in [4.78, 5) is 4.18. The van der Waals surface area contributed by atoms with E-state index < -0.39 is 10.0 Å². The van der Waals surface area contributed by atoms with Crippen LogP contribution in [-0.4, -0.2) is 41.1 Å². The normalized spacial score (nSPS) is 20.0. The van der Waals surface area contributed by atoms with Crippen molar-refractivity contribution in [1.29, 1.82) is 0 Å². The molecule has 1 aromatic carbocycles. The first kappa shape index (κ1) is 17.8. The van der Waals surface area contributed by atoms with Crippen LogP contribution in [0.4, 0.5) is 0 Å². The number of hydrogen-bond donors (Lipinski definition) is 0. The highest BCUT2D eigenvalue weighted by Crippen LogP contribution is 2.38. The SMILES string of the molecule is Cc1nc(S(=O)(=O)N2CCSC(c3ccccc3Cl)CC2)cn1C. The maximum Gasteiger partial charge on any atom is 0.262 e. The fraction of sp³-hybridized carbons (Fsp3) is 0.438. The molecule has 1 aromatic heterocycles. The van der Waals surface area contributed by atoms with Crippen molar-refractivity contribution in [2.24, 2.45) is 7.05 Å². The monoisotopic (exact) mass is 385 g/mol. The quantitative estimate of drug-likeness (QED) is 0.813. The van der Waals surface area contributed by atoms with Gasteiger partial charge < -0.3 is 4.57 Å². The van der Waals surface area contributed by atoms with E-state index in [2.05, 4.69) is 4.98 Å². The Hall–Kier alpha value is -1.02. The van der Waals surface area contributed by atoms with Gasteiger partial charge in [0.15, 0.2) is 5.03 Å². The molecule has 0 bridgehead atoms. The van der Waals surface area contributed by atoms with Gasteiger partial charge in [-0.3, -0.25) is 0 Å². The number of hydrogen-bond acceptors (Lipinski definition) is 4. The highest BCUT2D eigenvalue weighted by atomic mass is 35.5. The molecule has 0 amide bonds. The molecular formula is C16H20ClN3O2S2. The number of benzene rings is 1. The van der Waals surface area contributed by atoms with Crippen LogP contribution in [0.25, 0.3) is 0 Å². The van der Waals surface area contributed by atoms with Crippen molar-refractivity contribution in [1.82, 2.24) is 13.9 Å². The van der Waals surface area contributed by atoms with Crippen molar-refractivity contribution < 1.29 is 8.42 Å². The van der Waals surface area contributed by atoms with Gasteiger partial charge in [0.2, 0.25) is 0 Å². The molecule has 1 saturated heterocycles. The molecule has 1 unspecified atom stereocenters. The van der Waals surface area contributed by atoms with E-state index in [1.807, 2.05) is 24.3 Å². The molecule has 5 nitrogen and oxygen atoms in total. The number of aryl methyl sites for hydroxylation is 2. The van der Waals surface area contributed by atoms with Crippen LogP contribution in [0.15, 0.2) is 35.5 Å². The van der Waals surface area contributed by atoms with E-state index in [-0.39, 0.29) is 10.3 Å². The Bertz CT molecular complexity index is 816. The molecule has 0 radical (unpaired) electrons. The molecule has 2 heterocycles. The van der Waals surface area contributed by atoms with Gasteiger partial charge in [0, 0.05) is 42.4 Å². The fourth-order valence-corrected chi connectivity index (χ4v) is 5.95. The first-order chi connectivity index (χ1) is 11.4. The summed E-state index contributed by atoms with van der Waals surface area (Å²) in [6.07, 6.45) is 2.31. The summed E-state index contributed by atoms with van der Waals surface area (Å²) >= 11 is 8.05. The van der Waals surface area contributed by atoms with Gasteiger partial charge in [-0.1, -0.05) is 29.8 Å². The molecule has 1 atom stereocenters. The summed E-state index contributed by atoms with van der Waals surface area (Å²) in [5.41, 5.74) is 1.08. The second-order valence-electron chi connectivity index (χ2n) is 5.81. The maximum absolute atomic E-state index is 12.8. The number of aromatic nitrogens is 2. The number of halogens is 1. The van der Waals surface area contributed by atoms with Crippen LogP contribution >= 0.6 is 23.4 Å². The third kappa shape index (κ3) is 3.49. The fourth-order valence-electron chi connectivity index (χ4n) is 2.76. The highest BCUT2D eigenvalue weighted by molar-refractivity contribution is 7.99. The zero-order chi connectivity index (χ0) is 17.3. The van der Waals surface area contributed by atoms with Crippen molar-refractivity contribution in [3.05, 3.63) is 46.9 Å². The van der Waals surface area contributed by atoms with E-state index in [1.165, 1.54) is 0 Å². The maximum atomic E-state index is 12.8. The molecule has 3 rings (SSSR count). The van der Waals surface area contributed by atoms with Crippen LogP contribution in [0.3, 0.4) is 0 Å². The Morgan fingerprint density at radius 3 is 2.71 bits per heavy atom. The minimum Gasteiger partial charge on any atom is -0.337 e. The standard InChI is InChI=1S/C16H20ClN3O2S2/c1-12-18-16(11-19(12)2)24(21,22)20-8-7-15(23-10-9-20)13-5-3-4-6-14(13)17/h3-6,11,15H,7-10H2,1-2H3. The van der Waals surface area contributed by atoms with Gasteiger partial charge in [-0.25, -0.2) is 13.4 Å². The Morgan fingerprint density at radius 2 is 2.04 bits per heavy atom. The molecular weight excluding hydrogens is 366 g/mol. The molecule has 2 aromatic rings. The highest BCUT2D eigenvalue weighted by Gasteiger charge is 2.30. The van der Waals surface area contributed by atoms with Crippen LogP contribution in [-0.2, 0) is 17.1 Å². The van der Waals surface area contributed by atoms with Gasteiger partial charge in [-0.2, -0.15) is 16.1 Å². The van der Waals surface area contributed by atoms with Crippen LogP contribution in [0.1, 0.15) is 23.1 Å². The van der Waals surface area contributed by atoms with Gasteiger partial charge in [-0.05, 0) is 25.0 Å². The molecule has 0 N–H and O–H groups in total. The Balaban J connectivity index is 1.79. The number of imidazole rings is 1. The van der Waals surface area contributed by atoms with Crippen molar-refractivity contribution in [2.75, 3.05) is 18.8 Å². The summed E-state index contributed by atoms with van der Waals surface area (Å²) in [6, 6.07) is 7.78. The average molecular weight is 386 g/mol. The molecule has 1 aliphatic heterocycles. The minimum atomic E-state index is -3.55. The summed E-state index contributed by atoms with van der Waals surface area (Å²) in [5, 5.41) is 1.08. The van der Waals surface area contributed by atoms with E-state index in [0.717, 1.165) is 22.8 Å². The topological polar surface area (TPSA) is 55.2 Å². The lowest BCUT2D eigenvalue weighted by Crippen LogP contribution is -2.33. The van der Waals surface area contributed by atoms with Crippen molar-refractivity contribution in [2.45, 2.75) is 23.6 Å². The van der Waals surface area contributed by atoms with E-state index in [0.29, 0.717) is 18.9 Å². The molecule has 24 heavy (non-hydrogen) atoms. The average Bonchev–Trinajstić information content (AvgIpc) is 2.77. The zero-order valence-corrected chi connectivity index (χ0v) is 16.0. The van der Waals surface area contributed by atoms with Gasteiger partial charge in [0.05, 0.1) is 0 Å². The number of sulfonamides is 1. The number of thioether (sulfide) groups is 1. The van der Waals surface area contributed by atoms with Gasteiger partial charge in [0.1, 0.15) is 5.82 Å². The van der Waals surface area contributed by atoms with Crippen molar-refractivity contribution >= 4 is 33.4 Å². The van der Waals surface area contributed by atoms with Crippen LogP contribution in [0, 0.1) is 6.92 Å². The van der Waals surface area contributed by atoms with E-state index in [4.69, 9.17) is 11.6 Å². The van der Waals surface area contributed by atoms with Crippen LogP contribution < -0.4 is 0 Å². The summed E-state index contributed by atoms with van der Waals surface area (Å²) in [5.74, 6) is 1.42. The lowest BCUT2D eigenvalue weighted by atomic mass is 10.1. The summed E-state index contributed by atoms with van der Waals surface area (Å²) in [7, 11) is -1.75. The van der Waals surface area contributed by atoms with E-state index >= 15 is 0 Å². The Morgan fingerprint density at radius 1 is 1.29 bits per heavy atom. The van der Waals surface area contributed by atoms with Gasteiger partial charge in [0.25, 0.3) is 10.0 Å². The Kier molecular flexibility index (Phi) is 5.24. The number of rotatable bonds is 3. The first-order valence-corrected chi connectivity index (χ1v) is 10.6. The van der Waals surface area contributed by atoms with Crippen LogP contribution in [0.5, 0.6) is 0 Å². The van der Waals surface area contributed by atoms with E-state index in [9.17, 15) is 8.42 Å². The molecule has 8 heteroatoms. The molecule has 1 aliphatic rings. The largest absolute Gasteiger partial charge is 0.337 e. The predicted molar refractivity (Wildman–Crippen MR) is 98.0 cm³/mol. The third-order valence-electron chi connectivity index (χ3n) is 4.24. The molecule has 1 fully saturated rings. The summed E-state index contributed by atoms with van der Waals surface area (Å²) < 4.78 is 28.9. The first-order valence-electron chi connectivity index (χ1n) is 7.76. The van der Waals surface area contributed by atoms with Gasteiger partial charge in [-0.15, -0.1) is 0 Å². The lowest BCUT2D eigenvalue weighted by Gasteiger charge is -2.18. The predicted octanol–water partition coefficient (Wildman–Crippen LogP) is 3.25. The van der Waals surface area contributed by atoms with Crippen molar-refractivity contribution in [3.8, 4) is 0 Å². The lowest BCUT2D eigenvalue weighted by molar-refractivity contribution is 0.426. The molecule has 0 saturated carbocycles. The van der Waals surface area contributed by atoms with Crippen LogP contribution in [0.2, 0.25) is 5.02 Å².